The van der Waals surface area contributed by atoms with Gasteiger partial charge in [0.15, 0.2) is 11.5 Å². The van der Waals surface area contributed by atoms with Gasteiger partial charge in [-0.3, -0.25) is 4.79 Å². The standard InChI is InChI=1S/C19H24N2O3S/c1-23-17-10-15-12-21(19(22)16(15)11-18(17)24-2)8-3-6-20-7-4-14-5-9-25-13-14/h5,9-11,13,20H,3-4,6-8,12H2,1-2H3. The SMILES string of the molecule is COc1cc2c(cc1OC)C(=O)N(CCCNCCc1ccsc1)C2. The van der Waals surface area contributed by atoms with Crippen molar-refractivity contribution in [2.75, 3.05) is 33.9 Å². The van der Waals surface area contributed by atoms with Crippen molar-refractivity contribution in [1.29, 1.82) is 0 Å². The maximum absolute atomic E-state index is 12.6. The van der Waals surface area contributed by atoms with Gasteiger partial charge in [0, 0.05) is 18.7 Å². The summed E-state index contributed by atoms with van der Waals surface area (Å²) >= 11 is 1.73. The van der Waals surface area contributed by atoms with Crippen LogP contribution in [0.5, 0.6) is 11.5 Å². The summed E-state index contributed by atoms with van der Waals surface area (Å²) in [4.78, 5) is 14.4. The molecule has 1 aromatic heterocycles. The van der Waals surface area contributed by atoms with Crippen LogP contribution in [0.15, 0.2) is 29.0 Å². The second-order valence-corrected chi connectivity index (χ2v) is 6.86. The number of carbonyl (C=O) groups excluding carboxylic acids is 1. The molecule has 0 saturated heterocycles. The van der Waals surface area contributed by atoms with E-state index in [4.69, 9.17) is 9.47 Å². The highest BCUT2D eigenvalue weighted by atomic mass is 32.1. The number of nitrogens with one attached hydrogen (secondary N) is 1. The Kier molecular flexibility index (Phi) is 5.94. The first-order valence-corrected chi connectivity index (χ1v) is 9.43. The first kappa shape index (κ1) is 17.8. The van der Waals surface area contributed by atoms with Crippen LogP contribution in [0.25, 0.3) is 0 Å². The number of amides is 1. The van der Waals surface area contributed by atoms with E-state index in [2.05, 4.69) is 22.1 Å². The topological polar surface area (TPSA) is 50.8 Å². The monoisotopic (exact) mass is 360 g/mol. The molecule has 1 aliphatic heterocycles. The highest BCUT2D eigenvalue weighted by Gasteiger charge is 2.28. The third kappa shape index (κ3) is 4.14. The van der Waals surface area contributed by atoms with Gasteiger partial charge in [0.25, 0.3) is 5.91 Å². The van der Waals surface area contributed by atoms with Crippen molar-refractivity contribution in [1.82, 2.24) is 10.2 Å². The van der Waals surface area contributed by atoms with E-state index in [0.717, 1.165) is 43.6 Å². The second-order valence-electron chi connectivity index (χ2n) is 6.08. The number of thiophene rings is 1. The molecule has 25 heavy (non-hydrogen) atoms. The highest BCUT2D eigenvalue weighted by Crippen LogP contribution is 2.34. The van der Waals surface area contributed by atoms with Crippen LogP contribution in [-0.4, -0.2) is 44.7 Å². The normalized spacial score (nSPS) is 13.2. The van der Waals surface area contributed by atoms with E-state index in [1.54, 1.807) is 31.6 Å². The number of carbonyl (C=O) groups is 1. The van der Waals surface area contributed by atoms with Crippen molar-refractivity contribution in [2.24, 2.45) is 0 Å². The van der Waals surface area contributed by atoms with Crippen LogP contribution in [0, 0.1) is 0 Å². The average Bonchev–Trinajstić information content (AvgIpc) is 3.25. The summed E-state index contributed by atoms with van der Waals surface area (Å²) in [5.41, 5.74) is 3.11. The van der Waals surface area contributed by atoms with Gasteiger partial charge in [-0.1, -0.05) is 0 Å². The van der Waals surface area contributed by atoms with Crippen molar-refractivity contribution in [3.8, 4) is 11.5 Å². The summed E-state index contributed by atoms with van der Waals surface area (Å²) in [6, 6.07) is 5.86. The molecule has 1 aromatic carbocycles. The lowest BCUT2D eigenvalue weighted by atomic mass is 10.1. The van der Waals surface area contributed by atoms with Crippen molar-refractivity contribution in [3.63, 3.8) is 0 Å². The number of nitrogens with zero attached hydrogens (tertiary/aromatic N) is 1. The predicted octanol–water partition coefficient (Wildman–Crippen LogP) is 2.94. The Hall–Kier alpha value is -2.05. The van der Waals surface area contributed by atoms with Crippen molar-refractivity contribution >= 4 is 17.2 Å². The Morgan fingerprint density at radius 1 is 1.20 bits per heavy atom. The quantitative estimate of drug-likeness (QED) is 0.699. The molecular formula is C19H24N2O3S. The number of hydrogen-bond donors (Lipinski definition) is 1. The van der Waals surface area contributed by atoms with E-state index in [1.165, 1.54) is 5.56 Å². The van der Waals surface area contributed by atoms with Gasteiger partial charge in [-0.05, 0) is 66.0 Å². The summed E-state index contributed by atoms with van der Waals surface area (Å²) in [7, 11) is 3.20. The van der Waals surface area contributed by atoms with Crippen LogP contribution in [0.2, 0.25) is 0 Å². The second kappa shape index (κ2) is 8.36. The predicted molar refractivity (Wildman–Crippen MR) is 99.8 cm³/mol. The van der Waals surface area contributed by atoms with Crippen LogP contribution >= 0.6 is 11.3 Å². The number of hydrogen-bond acceptors (Lipinski definition) is 5. The van der Waals surface area contributed by atoms with Crippen LogP contribution < -0.4 is 14.8 Å². The lowest BCUT2D eigenvalue weighted by Gasteiger charge is -2.15. The molecule has 6 heteroatoms. The van der Waals surface area contributed by atoms with E-state index in [9.17, 15) is 4.79 Å². The van der Waals surface area contributed by atoms with Gasteiger partial charge in [-0.25, -0.2) is 0 Å². The Balaban J connectivity index is 1.45. The largest absolute Gasteiger partial charge is 0.493 e. The van der Waals surface area contributed by atoms with Gasteiger partial charge in [0.1, 0.15) is 0 Å². The van der Waals surface area contributed by atoms with Gasteiger partial charge in [0.2, 0.25) is 0 Å². The summed E-state index contributed by atoms with van der Waals surface area (Å²) in [6.07, 6.45) is 1.99. The zero-order chi connectivity index (χ0) is 17.6. The third-order valence-electron chi connectivity index (χ3n) is 4.44. The van der Waals surface area contributed by atoms with Gasteiger partial charge in [-0.15, -0.1) is 0 Å². The molecule has 5 nitrogen and oxygen atoms in total. The molecule has 134 valence electrons. The Labute approximate surface area is 152 Å². The lowest BCUT2D eigenvalue weighted by molar-refractivity contribution is 0.0776. The summed E-state index contributed by atoms with van der Waals surface area (Å²) in [5, 5.41) is 7.74. The third-order valence-corrected chi connectivity index (χ3v) is 5.17. The molecule has 1 amide bonds. The molecule has 0 bridgehead atoms. The summed E-state index contributed by atoms with van der Waals surface area (Å²) in [5.74, 6) is 1.35. The number of rotatable bonds is 9. The molecule has 1 N–H and O–H groups in total. The van der Waals surface area contributed by atoms with Crippen LogP contribution in [-0.2, 0) is 13.0 Å². The minimum absolute atomic E-state index is 0.0780. The van der Waals surface area contributed by atoms with E-state index in [0.29, 0.717) is 18.0 Å². The molecule has 0 radical (unpaired) electrons. The first-order chi connectivity index (χ1) is 12.2. The molecule has 0 spiro atoms. The van der Waals surface area contributed by atoms with E-state index < -0.39 is 0 Å². The molecule has 2 aromatic rings. The fraction of sp³-hybridized carbons (Fsp3) is 0.421. The van der Waals surface area contributed by atoms with Gasteiger partial charge in [-0.2, -0.15) is 11.3 Å². The van der Waals surface area contributed by atoms with Gasteiger partial charge < -0.3 is 19.7 Å². The van der Waals surface area contributed by atoms with Gasteiger partial charge in [0.05, 0.1) is 14.2 Å². The average molecular weight is 360 g/mol. The number of ether oxygens (including phenoxy) is 2. The number of benzene rings is 1. The van der Waals surface area contributed by atoms with Gasteiger partial charge >= 0.3 is 0 Å². The molecule has 0 fully saturated rings. The fourth-order valence-electron chi connectivity index (χ4n) is 3.07. The fourth-order valence-corrected chi connectivity index (χ4v) is 3.77. The highest BCUT2D eigenvalue weighted by molar-refractivity contribution is 7.07. The van der Waals surface area contributed by atoms with Crippen molar-refractivity contribution < 1.29 is 14.3 Å². The molecular weight excluding hydrogens is 336 g/mol. The van der Waals surface area contributed by atoms with Crippen LogP contribution in [0.3, 0.4) is 0 Å². The molecule has 3 rings (SSSR count). The van der Waals surface area contributed by atoms with Crippen LogP contribution in [0.1, 0.15) is 27.9 Å². The van der Waals surface area contributed by atoms with E-state index in [1.807, 2.05) is 11.0 Å². The zero-order valence-electron chi connectivity index (χ0n) is 14.7. The zero-order valence-corrected chi connectivity index (χ0v) is 15.5. The molecule has 0 aliphatic carbocycles. The molecule has 0 atom stereocenters. The number of methoxy groups -OCH3 is 2. The van der Waals surface area contributed by atoms with Crippen LogP contribution in [0.4, 0.5) is 0 Å². The maximum Gasteiger partial charge on any atom is 0.254 e. The van der Waals surface area contributed by atoms with E-state index in [-0.39, 0.29) is 5.91 Å². The van der Waals surface area contributed by atoms with Crippen molar-refractivity contribution in [2.45, 2.75) is 19.4 Å². The Morgan fingerprint density at radius 2 is 2.00 bits per heavy atom. The molecule has 2 heterocycles. The maximum atomic E-state index is 12.6. The minimum Gasteiger partial charge on any atom is -0.493 e. The first-order valence-electron chi connectivity index (χ1n) is 8.49. The molecule has 0 unspecified atom stereocenters. The van der Waals surface area contributed by atoms with Crippen molar-refractivity contribution in [3.05, 3.63) is 45.6 Å². The summed E-state index contributed by atoms with van der Waals surface area (Å²) in [6.45, 7) is 3.28. The smallest absolute Gasteiger partial charge is 0.254 e. The number of fused-ring (bicyclic) bond motifs is 1. The Bertz CT molecular complexity index is 716. The van der Waals surface area contributed by atoms with E-state index >= 15 is 0 Å². The minimum atomic E-state index is 0.0780. The Morgan fingerprint density at radius 3 is 2.72 bits per heavy atom. The lowest BCUT2D eigenvalue weighted by Crippen LogP contribution is -2.28. The molecule has 1 aliphatic rings. The molecule has 0 saturated carbocycles. The summed E-state index contributed by atoms with van der Waals surface area (Å²) < 4.78 is 10.6.